The predicted molar refractivity (Wildman–Crippen MR) is 154 cm³/mol. The number of carbonyl (C=O) groups excluding carboxylic acids is 1. The number of phenols is 5. The molecule has 1 aliphatic heterocycles. The Hall–Kier alpha value is -3.87. The standard InChI is InChI=1S/C33H40O7/c1-2-3-4-5-6-7-8-9-10-11-26(36)32-28(38)20-27(37)31(33(32)39)25-19-29(21-12-14-22(34)15-13-21)40-30-18-23(35)16-17-24(25)30/h12-18,20,25,29,34-35,37-39H,2-11,19H2,1H3/t25-,29+/m1/s1. The fraction of sp³-hybridized carbons (Fsp3) is 0.424. The number of carbonyl (C=O) groups is 1. The first-order valence-electron chi connectivity index (χ1n) is 14.4. The highest BCUT2D eigenvalue weighted by atomic mass is 16.5. The van der Waals surface area contributed by atoms with E-state index in [0.29, 0.717) is 24.2 Å². The molecule has 0 unspecified atom stereocenters. The van der Waals surface area contributed by atoms with E-state index in [9.17, 15) is 30.3 Å². The third kappa shape index (κ3) is 6.82. The Morgan fingerprint density at radius 2 is 1.40 bits per heavy atom. The second-order valence-corrected chi connectivity index (χ2v) is 10.8. The van der Waals surface area contributed by atoms with Crippen LogP contribution in [0.5, 0.6) is 34.5 Å². The molecular formula is C33H40O7. The van der Waals surface area contributed by atoms with Crippen LogP contribution < -0.4 is 4.74 Å². The third-order valence-electron chi connectivity index (χ3n) is 7.79. The van der Waals surface area contributed by atoms with Crippen LogP contribution in [0.15, 0.2) is 48.5 Å². The minimum absolute atomic E-state index is 0.000155. The zero-order chi connectivity index (χ0) is 28.6. The Kier molecular flexibility index (Phi) is 9.80. The van der Waals surface area contributed by atoms with Gasteiger partial charge in [-0.3, -0.25) is 4.79 Å². The van der Waals surface area contributed by atoms with Gasteiger partial charge in [0.15, 0.2) is 5.78 Å². The highest BCUT2D eigenvalue weighted by Gasteiger charge is 2.36. The van der Waals surface area contributed by atoms with Gasteiger partial charge in [0, 0.05) is 35.6 Å². The summed E-state index contributed by atoms with van der Waals surface area (Å²) >= 11 is 0. The molecule has 7 nitrogen and oxygen atoms in total. The van der Waals surface area contributed by atoms with Crippen molar-refractivity contribution >= 4 is 5.78 Å². The van der Waals surface area contributed by atoms with Crippen LogP contribution in [0.3, 0.4) is 0 Å². The van der Waals surface area contributed by atoms with Crippen LogP contribution >= 0.6 is 0 Å². The lowest BCUT2D eigenvalue weighted by atomic mass is 9.80. The maximum Gasteiger partial charge on any atom is 0.170 e. The molecule has 0 aromatic heterocycles. The summed E-state index contributed by atoms with van der Waals surface area (Å²) in [5, 5.41) is 52.6. The molecule has 2 atom stereocenters. The molecule has 3 aromatic carbocycles. The molecule has 0 aliphatic carbocycles. The first-order chi connectivity index (χ1) is 19.3. The first kappa shape index (κ1) is 29.1. The number of benzene rings is 3. The SMILES string of the molecule is CCCCCCCCCCCC(=O)c1c(O)cc(O)c([C@@H]2C[C@@H](c3ccc(O)cc3)Oc3cc(O)ccc32)c1O. The molecule has 1 heterocycles. The van der Waals surface area contributed by atoms with Crippen LogP contribution in [0.4, 0.5) is 0 Å². The lowest BCUT2D eigenvalue weighted by Crippen LogP contribution is -2.20. The van der Waals surface area contributed by atoms with Crippen molar-refractivity contribution in [1.82, 2.24) is 0 Å². The van der Waals surface area contributed by atoms with Crippen molar-refractivity contribution in [3.8, 4) is 34.5 Å². The van der Waals surface area contributed by atoms with Crippen LogP contribution in [0.2, 0.25) is 0 Å². The Labute approximate surface area is 235 Å². The molecule has 40 heavy (non-hydrogen) atoms. The van der Waals surface area contributed by atoms with E-state index >= 15 is 0 Å². The normalized spacial score (nSPS) is 16.3. The lowest BCUT2D eigenvalue weighted by Gasteiger charge is -2.33. The molecule has 214 valence electrons. The summed E-state index contributed by atoms with van der Waals surface area (Å²) in [7, 11) is 0. The van der Waals surface area contributed by atoms with Crippen molar-refractivity contribution in [3.63, 3.8) is 0 Å². The Balaban J connectivity index is 1.54. The second-order valence-electron chi connectivity index (χ2n) is 10.8. The van der Waals surface area contributed by atoms with Gasteiger partial charge < -0.3 is 30.3 Å². The number of phenolic OH excluding ortho intramolecular Hbond substituents is 5. The number of hydrogen-bond donors (Lipinski definition) is 5. The van der Waals surface area contributed by atoms with Crippen LogP contribution in [0.25, 0.3) is 0 Å². The molecular weight excluding hydrogens is 508 g/mol. The number of fused-ring (bicyclic) bond motifs is 1. The van der Waals surface area contributed by atoms with E-state index in [2.05, 4.69) is 6.92 Å². The van der Waals surface area contributed by atoms with Crippen molar-refractivity contribution in [2.24, 2.45) is 0 Å². The third-order valence-corrected chi connectivity index (χ3v) is 7.79. The zero-order valence-corrected chi connectivity index (χ0v) is 23.1. The molecule has 3 aromatic rings. The van der Waals surface area contributed by atoms with Crippen molar-refractivity contribution < 1.29 is 35.1 Å². The summed E-state index contributed by atoms with van der Waals surface area (Å²) in [5.41, 5.74) is 1.34. The Morgan fingerprint density at radius 1 is 0.775 bits per heavy atom. The summed E-state index contributed by atoms with van der Waals surface area (Å²) in [6.45, 7) is 2.20. The monoisotopic (exact) mass is 548 g/mol. The molecule has 1 aliphatic rings. The van der Waals surface area contributed by atoms with Gasteiger partial charge in [0.2, 0.25) is 0 Å². The van der Waals surface area contributed by atoms with Gasteiger partial charge in [0.25, 0.3) is 0 Å². The number of Topliss-reactive ketones (excluding diaryl/α,β-unsaturated/α-hetero) is 1. The van der Waals surface area contributed by atoms with E-state index in [1.807, 2.05) is 0 Å². The molecule has 0 saturated carbocycles. The molecule has 5 N–H and O–H groups in total. The molecule has 4 rings (SSSR count). The van der Waals surface area contributed by atoms with E-state index in [1.54, 1.807) is 30.3 Å². The van der Waals surface area contributed by atoms with Crippen molar-refractivity contribution in [2.75, 3.05) is 0 Å². The van der Waals surface area contributed by atoms with Crippen LogP contribution in [0.1, 0.15) is 117 Å². The largest absolute Gasteiger partial charge is 0.508 e. The molecule has 0 saturated heterocycles. The predicted octanol–water partition coefficient (Wildman–Crippen LogP) is 7.97. The number of ether oxygens (including phenoxy) is 1. The summed E-state index contributed by atoms with van der Waals surface area (Å²) < 4.78 is 6.16. The Bertz CT molecular complexity index is 1300. The lowest BCUT2D eigenvalue weighted by molar-refractivity contribution is 0.0973. The maximum atomic E-state index is 13.2. The van der Waals surface area contributed by atoms with Crippen LogP contribution in [-0.2, 0) is 0 Å². The van der Waals surface area contributed by atoms with Crippen LogP contribution in [-0.4, -0.2) is 31.3 Å². The van der Waals surface area contributed by atoms with Gasteiger partial charge in [0.05, 0.1) is 0 Å². The quantitative estimate of drug-likeness (QED) is 0.108. The zero-order valence-electron chi connectivity index (χ0n) is 23.1. The highest BCUT2D eigenvalue weighted by molar-refractivity contribution is 6.02. The minimum Gasteiger partial charge on any atom is -0.508 e. The Morgan fingerprint density at radius 3 is 2.08 bits per heavy atom. The summed E-state index contributed by atoms with van der Waals surface area (Å²) in [4.78, 5) is 13.2. The fourth-order valence-corrected chi connectivity index (χ4v) is 5.62. The van der Waals surface area contributed by atoms with Crippen molar-refractivity contribution in [1.29, 1.82) is 0 Å². The first-order valence-corrected chi connectivity index (χ1v) is 14.4. The van der Waals surface area contributed by atoms with Gasteiger partial charge in [-0.15, -0.1) is 0 Å². The van der Waals surface area contributed by atoms with Gasteiger partial charge in [-0.25, -0.2) is 0 Å². The topological polar surface area (TPSA) is 127 Å². The molecule has 0 spiro atoms. The molecule has 7 heteroatoms. The summed E-state index contributed by atoms with van der Waals surface area (Å²) in [6.07, 6.45) is 9.93. The fourth-order valence-electron chi connectivity index (χ4n) is 5.62. The summed E-state index contributed by atoms with van der Waals surface area (Å²) in [5.74, 6) is -1.69. The van der Waals surface area contributed by atoms with Gasteiger partial charge in [0.1, 0.15) is 46.2 Å². The van der Waals surface area contributed by atoms with Gasteiger partial charge in [-0.2, -0.15) is 0 Å². The maximum absolute atomic E-state index is 13.2. The number of rotatable bonds is 13. The molecule has 0 radical (unpaired) electrons. The smallest absolute Gasteiger partial charge is 0.170 e. The van der Waals surface area contributed by atoms with Gasteiger partial charge in [-0.05, 0) is 36.6 Å². The molecule has 0 amide bonds. The highest BCUT2D eigenvalue weighted by Crippen LogP contribution is 2.52. The molecule has 0 fully saturated rings. The number of aromatic hydroxyl groups is 5. The molecule has 0 bridgehead atoms. The van der Waals surface area contributed by atoms with E-state index < -0.39 is 23.5 Å². The van der Waals surface area contributed by atoms with Crippen molar-refractivity contribution in [3.05, 3.63) is 70.8 Å². The number of hydrogen-bond acceptors (Lipinski definition) is 7. The minimum atomic E-state index is -0.594. The second kappa shape index (κ2) is 13.5. The average Bonchev–Trinajstić information content (AvgIpc) is 2.92. The van der Waals surface area contributed by atoms with Crippen molar-refractivity contribution in [2.45, 2.75) is 89.6 Å². The number of ketones is 1. The van der Waals surface area contributed by atoms with Gasteiger partial charge >= 0.3 is 0 Å². The van der Waals surface area contributed by atoms with E-state index in [-0.39, 0.29) is 40.6 Å². The van der Waals surface area contributed by atoms with Gasteiger partial charge in [-0.1, -0.05) is 76.5 Å². The number of unbranched alkanes of at least 4 members (excludes halogenated alkanes) is 8. The van der Waals surface area contributed by atoms with E-state index in [0.717, 1.165) is 30.9 Å². The average molecular weight is 549 g/mol. The summed E-state index contributed by atoms with van der Waals surface area (Å²) in [6, 6.07) is 12.3. The van der Waals surface area contributed by atoms with E-state index in [4.69, 9.17) is 4.74 Å². The van der Waals surface area contributed by atoms with Crippen LogP contribution in [0, 0.1) is 0 Å². The van der Waals surface area contributed by atoms with E-state index in [1.165, 1.54) is 44.2 Å².